The summed E-state index contributed by atoms with van der Waals surface area (Å²) in [6.07, 6.45) is 27.9. The molecule has 7 aromatic rings. The summed E-state index contributed by atoms with van der Waals surface area (Å²) in [4.78, 5) is 44.1. The van der Waals surface area contributed by atoms with Crippen LogP contribution in [-0.4, -0.2) is 94.9 Å². The first-order chi connectivity index (χ1) is 48.3. The number of fused-ring (bicyclic) bond motifs is 20. The van der Waals surface area contributed by atoms with E-state index in [1.54, 1.807) is 5.01 Å². The maximum Gasteiger partial charge on any atom is 2.00 e. The van der Waals surface area contributed by atoms with E-state index in [0.717, 1.165) is 203 Å². The van der Waals surface area contributed by atoms with Crippen molar-refractivity contribution in [3.63, 3.8) is 0 Å². The van der Waals surface area contributed by atoms with Crippen LogP contribution in [0.3, 0.4) is 0 Å². The maximum absolute atomic E-state index is 7.03. The van der Waals surface area contributed by atoms with Gasteiger partial charge in [0.2, 0.25) is 0 Å². The molecule has 4 aromatic carbocycles. The molecular weight excluding hydrogens is 1290 g/mol. The van der Waals surface area contributed by atoms with Crippen molar-refractivity contribution in [3.8, 4) is 80.0 Å². The monoisotopic (exact) mass is 1410 g/mol. The number of unbranched alkanes of at least 4 members (excludes halogenated alkanes) is 6. The maximum atomic E-state index is 7.03. The van der Waals surface area contributed by atoms with Crippen molar-refractivity contribution < 1.29 is 44.9 Å². The molecule has 9 rings (SSSR count). The molecule has 5 heterocycles. The molecule has 0 saturated heterocycles. The predicted molar refractivity (Wildman–Crippen MR) is 408 cm³/mol. The van der Waals surface area contributed by atoms with E-state index in [-0.39, 0.29) is 16.5 Å². The topological polar surface area (TPSA) is 177 Å². The molecule has 6 atom stereocenters. The second kappa shape index (κ2) is 40.0. The van der Waals surface area contributed by atoms with Gasteiger partial charge in [0.15, 0.2) is 34.5 Å². The number of hydrazone groups is 1. The van der Waals surface area contributed by atoms with Gasteiger partial charge in [-0.2, -0.15) is 5.10 Å². The average molecular weight is 1410 g/mol. The van der Waals surface area contributed by atoms with Crippen LogP contribution in [0.1, 0.15) is 243 Å². The Morgan fingerprint density at radius 2 is 0.630 bits per heavy atom. The zero-order valence-electron chi connectivity index (χ0n) is 63.2. The SMILES string of the molecule is CCCCC(CC)COc1cc2c(cc1OCC(CC)CCCC)-c1nc-2nc2[n-]c(nc3nc(nc4[n-]c(n1)c1cccc(/C=N/N(C)C)c41)-c1cc(OCC(CC)CCCC)c(OCC(CC)CCCC)cc1-3)c1cc(OCC(CC)CCCC)c(OCC(CC)CCCC)cc21.[Ni+2]. The van der Waals surface area contributed by atoms with E-state index in [2.05, 4.69) is 119 Å². The van der Waals surface area contributed by atoms with E-state index in [9.17, 15) is 0 Å². The molecule has 2 aliphatic heterocycles. The molecule has 8 bridgehead atoms. The third-order valence-corrected chi connectivity index (χ3v) is 20.5. The fourth-order valence-corrected chi connectivity index (χ4v) is 13.3. The van der Waals surface area contributed by atoms with Crippen LogP contribution in [-0.2, 0) is 16.5 Å². The van der Waals surface area contributed by atoms with Crippen LogP contribution in [0.5, 0.6) is 34.5 Å². The fourth-order valence-electron chi connectivity index (χ4n) is 13.3. The Hall–Kier alpha value is -7.00. The molecular formula is C83H118N10NiO6. The summed E-state index contributed by atoms with van der Waals surface area (Å²) >= 11 is 0. The average Bonchev–Trinajstić information content (AvgIpc) is 1.59. The van der Waals surface area contributed by atoms with Gasteiger partial charge in [-0.05, 0) is 127 Å². The summed E-state index contributed by atoms with van der Waals surface area (Å²) in [5.41, 5.74) is 5.42. The summed E-state index contributed by atoms with van der Waals surface area (Å²) in [5.74, 6) is 7.73. The van der Waals surface area contributed by atoms with Gasteiger partial charge in [0.05, 0.1) is 69.2 Å². The van der Waals surface area contributed by atoms with E-state index in [1.165, 1.54) is 0 Å². The third kappa shape index (κ3) is 20.4. The molecule has 546 valence electrons. The minimum atomic E-state index is 0. The number of benzene rings is 4. The van der Waals surface area contributed by atoms with Gasteiger partial charge >= 0.3 is 16.5 Å². The van der Waals surface area contributed by atoms with Crippen LogP contribution >= 0.6 is 0 Å². The van der Waals surface area contributed by atoms with Gasteiger partial charge in [-0.15, -0.1) is 0 Å². The second-order valence-electron chi connectivity index (χ2n) is 28.2. The van der Waals surface area contributed by atoms with Gasteiger partial charge < -0.3 is 63.3 Å². The van der Waals surface area contributed by atoms with Crippen molar-refractivity contribution in [2.24, 2.45) is 40.6 Å². The first-order valence-electron chi connectivity index (χ1n) is 38.7. The number of nitrogens with zero attached hydrogens (tertiary/aromatic N) is 10. The summed E-state index contributed by atoms with van der Waals surface area (Å²) in [5, 5.41) is 9.54. The molecule has 6 unspecified atom stereocenters. The van der Waals surface area contributed by atoms with Crippen molar-refractivity contribution in [3.05, 3.63) is 60.2 Å². The van der Waals surface area contributed by atoms with Gasteiger partial charge in [0.1, 0.15) is 0 Å². The largest absolute Gasteiger partial charge is 2.00 e. The molecule has 16 nitrogen and oxygen atoms in total. The Bertz CT molecular complexity index is 3900. The van der Waals surface area contributed by atoms with Crippen LogP contribution in [0.25, 0.3) is 89.7 Å². The Balaban J connectivity index is 0.0000127. The van der Waals surface area contributed by atoms with Crippen LogP contribution in [0.4, 0.5) is 0 Å². The first-order valence-corrected chi connectivity index (χ1v) is 38.7. The first kappa shape index (κ1) is 78.7. The van der Waals surface area contributed by atoms with Gasteiger partial charge in [0.25, 0.3) is 0 Å². The van der Waals surface area contributed by atoms with Crippen LogP contribution in [0.15, 0.2) is 59.7 Å². The minimum absolute atomic E-state index is 0. The van der Waals surface area contributed by atoms with Gasteiger partial charge in [-0.25, -0.2) is 9.97 Å². The fraction of sp³-hybridized carbons (Fsp3) is 0.602. The summed E-state index contributed by atoms with van der Waals surface area (Å²) in [6.45, 7) is 30.3. The molecule has 17 heteroatoms. The molecule has 0 saturated carbocycles. The summed E-state index contributed by atoms with van der Waals surface area (Å²) in [6, 6.07) is 18.5. The molecule has 3 aromatic heterocycles. The molecule has 0 N–H and O–H groups in total. The van der Waals surface area contributed by atoms with Crippen molar-refractivity contribution >= 4 is 50.3 Å². The van der Waals surface area contributed by atoms with E-state index < -0.39 is 0 Å². The third-order valence-electron chi connectivity index (χ3n) is 20.5. The minimum Gasteiger partial charge on any atom is -0.489 e. The molecule has 0 fully saturated rings. The van der Waals surface area contributed by atoms with Crippen molar-refractivity contribution in [1.82, 2.24) is 44.9 Å². The van der Waals surface area contributed by atoms with E-state index >= 15 is 0 Å². The Labute approximate surface area is 608 Å². The predicted octanol–water partition coefficient (Wildman–Crippen LogP) is 21.6. The molecule has 0 spiro atoms. The van der Waals surface area contributed by atoms with Gasteiger partial charge in [-0.3, -0.25) is 0 Å². The zero-order chi connectivity index (χ0) is 70.2. The van der Waals surface area contributed by atoms with Crippen LogP contribution < -0.4 is 38.4 Å². The number of ether oxygens (including phenoxy) is 6. The number of hydrogen-bond donors (Lipinski definition) is 0. The van der Waals surface area contributed by atoms with E-state index in [0.29, 0.717) is 156 Å². The Morgan fingerprint density at radius 1 is 0.360 bits per heavy atom. The summed E-state index contributed by atoms with van der Waals surface area (Å²) < 4.78 is 42.0. The molecule has 2 aliphatic rings. The second-order valence-corrected chi connectivity index (χ2v) is 28.2. The van der Waals surface area contributed by atoms with E-state index in [4.69, 9.17) is 73.4 Å². The Morgan fingerprint density at radius 3 is 0.910 bits per heavy atom. The zero-order valence-corrected chi connectivity index (χ0v) is 64.2. The van der Waals surface area contributed by atoms with Crippen molar-refractivity contribution in [1.29, 1.82) is 0 Å². The normalized spacial score (nSPS) is 13.7. The molecule has 100 heavy (non-hydrogen) atoms. The van der Waals surface area contributed by atoms with Gasteiger partial charge in [0, 0.05) is 69.9 Å². The number of aromatic nitrogens is 8. The van der Waals surface area contributed by atoms with E-state index in [1.807, 2.05) is 38.5 Å². The van der Waals surface area contributed by atoms with Crippen LogP contribution in [0, 0.1) is 35.5 Å². The molecule has 0 radical (unpaired) electrons. The number of rotatable bonds is 44. The van der Waals surface area contributed by atoms with Crippen molar-refractivity contribution in [2.75, 3.05) is 53.7 Å². The van der Waals surface area contributed by atoms with Crippen molar-refractivity contribution in [2.45, 2.75) is 237 Å². The smallest absolute Gasteiger partial charge is 0.489 e. The molecule has 0 amide bonds. The summed E-state index contributed by atoms with van der Waals surface area (Å²) in [7, 11) is 3.82. The standard InChI is InChI=1S/C83H118N10O6.Ni/c1-15-27-34-55(21-7)49-94-69-42-63-64(43-70(69)95-50-56(22-8)35-28-16-2)78-86-77(63)85-76-62-41-33-40-61(48-84-93(13)14)75(62)83(91-76)92-82-68-47-74(99-54-60(26-12)39-32-20-6)73(98-53-59(25-11)38-31-19-5)46-67(68)81(90-82)89-80-66-45-72(97-52-58(24-10)37-30-18-4)71(44-65(66)79(87-78)88-80)96-51-57(23-9)36-29-17-3;/h33,40-48,55-60H,15-32,34-39,49-54H2,1-14H3;/q-2;+2/b84-48+;. The Kier molecular flexibility index (Phi) is 31.5. The quantitative estimate of drug-likeness (QED) is 0.0200. The molecule has 0 aliphatic carbocycles. The van der Waals surface area contributed by atoms with Crippen LogP contribution in [0.2, 0.25) is 0 Å². The number of hydrogen-bond acceptors (Lipinski definition) is 14. The van der Waals surface area contributed by atoms with Gasteiger partial charge in [-0.1, -0.05) is 217 Å².